The Hall–Kier alpha value is -3.88. The molecule has 9 heteroatoms. The van der Waals surface area contributed by atoms with Gasteiger partial charge in [-0.15, -0.1) is 0 Å². The van der Waals surface area contributed by atoms with E-state index in [0.717, 1.165) is 6.42 Å². The summed E-state index contributed by atoms with van der Waals surface area (Å²) in [5.74, 6) is 0.612. The van der Waals surface area contributed by atoms with Gasteiger partial charge in [-0.3, -0.25) is 19.9 Å². The Bertz CT molecular complexity index is 1160. The monoisotopic (exact) mass is 423 g/mol. The third-order valence-electron chi connectivity index (χ3n) is 5.17. The number of nitro groups is 1. The minimum atomic E-state index is -0.844. The van der Waals surface area contributed by atoms with Crippen LogP contribution in [0.5, 0.6) is 17.2 Å². The van der Waals surface area contributed by atoms with E-state index in [1.165, 1.54) is 18.3 Å². The molecule has 2 aromatic carbocycles. The lowest BCUT2D eigenvalue weighted by molar-refractivity contribution is -0.383. The quantitative estimate of drug-likeness (QED) is 0.435. The fourth-order valence-corrected chi connectivity index (χ4v) is 3.61. The van der Waals surface area contributed by atoms with Gasteiger partial charge in [-0.2, -0.15) is 0 Å². The number of hydrogen-bond acceptors (Lipinski definition) is 7. The number of unbranched alkanes of at least 4 members (excludes halogenated alkanes) is 1. The first-order chi connectivity index (χ1) is 15.0. The number of phenolic OH excluding ortho intramolecular Hbond substituents is 1. The van der Waals surface area contributed by atoms with Gasteiger partial charge in [-0.1, -0.05) is 19.4 Å². The van der Waals surface area contributed by atoms with Crippen LogP contribution in [0.4, 0.5) is 5.69 Å². The van der Waals surface area contributed by atoms with Crippen molar-refractivity contribution in [2.75, 3.05) is 6.79 Å². The number of pyridine rings is 1. The van der Waals surface area contributed by atoms with Crippen LogP contribution in [0, 0.1) is 10.1 Å². The van der Waals surface area contributed by atoms with Crippen molar-refractivity contribution in [2.45, 2.75) is 32.2 Å². The van der Waals surface area contributed by atoms with E-state index in [2.05, 4.69) is 10.3 Å². The van der Waals surface area contributed by atoms with Crippen LogP contribution in [-0.4, -0.2) is 27.7 Å². The van der Waals surface area contributed by atoms with Crippen LogP contribution in [0.2, 0.25) is 0 Å². The topological polar surface area (TPSA) is 124 Å². The average Bonchev–Trinajstić information content (AvgIpc) is 3.24. The number of ether oxygens (including phenoxy) is 2. The smallest absolute Gasteiger partial charge is 0.279 e. The van der Waals surface area contributed by atoms with Gasteiger partial charge < -0.3 is 19.9 Å². The summed E-state index contributed by atoms with van der Waals surface area (Å²) in [6.07, 6.45) is 3.29. The summed E-state index contributed by atoms with van der Waals surface area (Å²) in [5, 5.41) is 25.8. The summed E-state index contributed by atoms with van der Waals surface area (Å²) in [6, 6.07) is 8.66. The number of rotatable bonds is 7. The molecule has 1 atom stereocenters. The van der Waals surface area contributed by atoms with Gasteiger partial charge in [0, 0.05) is 24.2 Å². The predicted octanol–water partition coefficient (Wildman–Crippen LogP) is 3.97. The van der Waals surface area contributed by atoms with E-state index >= 15 is 0 Å². The van der Waals surface area contributed by atoms with Crippen molar-refractivity contribution >= 4 is 22.5 Å². The molecule has 3 aromatic rings. The van der Waals surface area contributed by atoms with E-state index in [-0.39, 0.29) is 40.6 Å². The predicted molar refractivity (Wildman–Crippen MR) is 112 cm³/mol. The van der Waals surface area contributed by atoms with Crippen molar-refractivity contribution in [1.29, 1.82) is 0 Å². The standard InChI is InChI=1S/C22H21N3O6/c1-2-3-6-19(26)24-20(13-7-8-17-18(10-13)31-12-30-17)15-11-16(25(28)29)14-5-4-9-23-21(14)22(15)27/h4-5,7-11,20,27H,2-3,6,12H2,1H3,(H,24,26)/t20-/m0/s1. The van der Waals surface area contributed by atoms with E-state index in [9.17, 15) is 20.0 Å². The SMILES string of the molecule is CCCCC(=O)N[C@@H](c1ccc2c(c1)OCO2)c1cc([N+](=O)[O-])c2cccnc2c1O. The first-order valence-corrected chi connectivity index (χ1v) is 9.93. The normalized spacial score (nSPS) is 13.2. The van der Waals surface area contributed by atoms with Gasteiger partial charge >= 0.3 is 0 Å². The second-order valence-electron chi connectivity index (χ2n) is 7.21. The van der Waals surface area contributed by atoms with Gasteiger partial charge in [-0.25, -0.2) is 0 Å². The summed E-state index contributed by atoms with van der Waals surface area (Å²) < 4.78 is 10.8. The Morgan fingerprint density at radius 1 is 1.29 bits per heavy atom. The van der Waals surface area contributed by atoms with Crippen molar-refractivity contribution in [1.82, 2.24) is 10.3 Å². The highest BCUT2D eigenvalue weighted by molar-refractivity contribution is 5.94. The van der Waals surface area contributed by atoms with Crippen molar-refractivity contribution < 1.29 is 24.3 Å². The molecule has 1 aromatic heterocycles. The van der Waals surface area contributed by atoms with E-state index in [4.69, 9.17) is 9.47 Å². The number of benzene rings is 2. The zero-order valence-electron chi connectivity index (χ0n) is 16.8. The molecule has 0 saturated heterocycles. The Kier molecular flexibility index (Phi) is 5.57. The molecule has 4 rings (SSSR count). The summed E-state index contributed by atoms with van der Waals surface area (Å²) in [4.78, 5) is 27.9. The Morgan fingerprint density at radius 3 is 2.87 bits per heavy atom. The lowest BCUT2D eigenvalue weighted by Gasteiger charge is -2.22. The van der Waals surface area contributed by atoms with Crippen LogP contribution in [-0.2, 0) is 4.79 Å². The third kappa shape index (κ3) is 3.94. The third-order valence-corrected chi connectivity index (χ3v) is 5.17. The summed E-state index contributed by atoms with van der Waals surface area (Å²) >= 11 is 0. The van der Waals surface area contributed by atoms with Crippen LogP contribution in [0.1, 0.15) is 43.4 Å². The minimum absolute atomic E-state index is 0.0862. The fraction of sp³-hybridized carbons (Fsp3) is 0.273. The second kappa shape index (κ2) is 8.47. The minimum Gasteiger partial charge on any atom is -0.505 e. The molecule has 0 aliphatic carbocycles. The van der Waals surface area contributed by atoms with E-state index in [1.54, 1.807) is 24.3 Å². The van der Waals surface area contributed by atoms with Gasteiger partial charge in [0.05, 0.1) is 16.4 Å². The Morgan fingerprint density at radius 2 is 2.10 bits per heavy atom. The van der Waals surface area contributed by atoms with Gasteiger partial charge in [0.2, 0.25) is 12.7 Å². The molecule has 9 nitrogen and oxygen atoms in total. The van der Waals surface area contributed by atoms with Crippen molar-refractivity contribution in [3.63, 3.8) is 0 Å². The largest absolute Gasteiger partial charge is 0.505 e. The fourth-order valence-electron chi connectivity index (χ4n) is 3.61. The molecule has 0 unspecified atom stereocenters. The molecule has 0 radical (unpaired) electrons. The number of fused-ring (bicyclic) bond motifs is 2. The molecule has 2 N–H and O–H groups in total. The number of nitrogens with zero attached hydrogens (tertiary/aromatic N) is 2. The maximum Gasteiger partial charge on any atom is 0.279 e. The highest BCUT2D eigenvalue weighted by Gasteiger charge is 2.28. The first kappa shape index (κ1) is 20.4. The number of non-ortho nitro benzene ring substituents is 1. The molecule has 160 valence electrons. The molecule has 1 aliphatic rings. The molecule has 0 spiro atoms. The second-order valence-corrected chi connectivity index (χ2v) is 7.21. The number of aromatic hydroxyl groups is 1. The molecule has 1 aliphatic heterocycles. The molecule has 2 heterocycles. The van der Waals surface area contributed by atoms with Crippen molar-refractivity contribution in [3.8, 4) is 17.2 Å². The van der Waals surface area contributed by atoms with E-state index < -0.39 is 11.0 Å². The number of aromatic nitrogens is 1. The maximum absolute atomic E-state index is 12.6. The molecular weight excluding hydrogens is 402 g/mol. The van der Waals surface area contributed by atoms with Crippen LogP contribution in [0.15, 0.2) is 42.6 Å². The summed E-state index contributed by atoms with van der Waals surface area (Å²) in [6.45, 7) is 2.07. The Balaban J connectivity index is 1.87. The van der Waals surface area contributed by atoms with Gasteiger partial charge in [0.25, 0.3) is 5.69 Å². The average molecular weight is 423 g/mol. The van der Waals surface area contributed by atoms with Crippen LogP contribution < -0.4 is 14.8 Å². The van der Waals surface area contributed by atoms with Crippen molar-refractivity contribution in [3.05, 3.63) is 63.8 Å². The lowest BCUT2D eigenvalue weighted by atomic mass is 9.94. The molecule has 1 amide bonds. The first-order valence-electron chi connectivity index (χ1n) is 9.93. The van der Waals surface area contributed by atoms with Crippen LogP contribution in [0.25, 0.3) is 10.9 Å². The molecular formula is C22H21N3O6. The molecule has 0 bridgehead atoms. The maximum atomic E-state index is 12.6. The van der Waals surface area contributed by atoms with E-state index in [1.807, 2.05) is 6.92 Å². The van der Waals surface area contributed by atoms with E-state index in [0.29, 0.717) is 29.9 Å². The van der Waals surface area contributed by atoms with Gasteiger partial charge in [-0.05, 0) is 36.2 Å². The van der Waals surface area contributed by atoms with Gasteiger partial charge in [0.1, 0.15) is 11.3 Å². The summed E-state index contributed by atoms with van der Waals surface area (Å²) in [7, 11) is 0. The highest BCUT2D eigenvalue weighted by Crippen LogP contribution is 2.41. The number of hydrogen-bond donors (Lipinski definition) is 2. The lowest BCUT2D eigenvalue weighted by Crippen LogP contribution is -2.29. The zero-order chi connectivity index (χ0) is 22.0. The summed E-state index contributed by atoms with van der Waals surface area (Å²) in [5.41, 5.74) is 0.667. The molecule has 0 saturated carbocycles. The zero-order valence-corrected chi connectivity index (χ0v) is 16.8. The number of phenols is 1. The number of carbonyl (C=O) groups is 1. The van der Waals surface area contributed by atoms with Crippen LogP contribution >= 0.6 is 0 Å². The number of amides is 1. The number of nitro benzene ring substituents is 1. The van der Waals surface area contributed by atoms with Gasteiger partial charge in [0.15, 0.2) is 11.5 Å². The molecule has 31 heavy (non-hydrogen) atoms. The highest BCUT2D eigenvalue weighted by atomic mass is 16.7. The van der Waals surface area contributed by atoms with Crippen LogP contribution in [0.3, 0.4) is 0 Å². The number of carbonyl (C=O) groups excluding carboxylic acids is 1. The van der Waals surface area contributed by atoms with Crippen molar-refractivity contribution in [2.24, 2.45) is 0 Å². The Labute approximate surface area is 177 Å². The number of nitrogens with one attached hydrogen (secondary N) is 1. The molecule has 0 fully saturated rings.